The van der Waals surface area contributed by atoms with Crippen LogP contribution < -0.4 is 15.4 Å². The number of ether oxygens (including phenoxy) is 1. The molecular formula is C18H20N2O2S. The lowest BCUT2D eigenvalue weighted by Crippen LogP contribution is -2.34. The van der Waals surface area contributed by atoms with Crippen LogP contribution in [-0.4, -0.2) is 17.6 Å². The molecule has 0 aromatic heterocycles. The molecule has 2 aromatic carbocycles. The minimum Gasteiger partial charge on any atom is -0.494 e. The number of amides is 1. The van der Waals surface area contributed by atoms with E-state index in [1.807, 2.05) is 43.3 Å². The molecule has 0 aliphatic rings. The quantitative estimate of drug-likeness (QED) is 0.817. The summed E-state index contributed by atoms with van der Waals surface area (Å²) in [5.41, 5.74) is 2.47. The summed E-state index contributed by atoms with van der Waals surface area (Å²) >= 11 is 5.17. The fourth-order valence-electron chi connectivity index (χ4n) is 1.90. The molecule has 2 rings (SSSR count). The van der Waals surface area contributed by atoms with Gasteiger partial charge >= 0.3 is 0 Å². The third-order valence-corrected chi connectivity index (χ3v) is 3.33. The molecule has 0 aliphatic heterocycles. The zero-order valence-electron chi connectivity index (χ0n) is 13.3. The molecular weight excluding hydrogens is 308 g/mol. The number of carbonyl (C=O) groups is 1. The average molecular weight is 328 g/mol. The van der Waals surface area contributed by atoms with Crippen molar-refractivity contribution >= 4 is 28.9 Å². The number of anilines is 1. The standard InChI is InChI=1S/C18H20N2O2S/c1-3-12-22-16-10-8-15(9-11-16)19-18(23)20-17(21)14-6-4-13(2)5-7-14/h4-11H,3,12H2,1-2H3,(H2,19,20,21,23). The van der Waals surface area contributed by atoms with E-state index in [4.69, 9.17) is 17.0 Å². The van der Waals surface area contributed by atoms with Crippen LogP contribution in [0.25, 0.3) is 0 Å². The van der Waals surface area contributed by atoms with Crippen LogP contribution in [0.5, 0.6) is 5.75 Å². The third kappa shape index (κ3) is 5.38. The monoisotopic (exact) mass is 328 g/mol. The van der Waals surface area contributed by atoms with E-state index in [2.05, 4.69) is 17.6 Å². The highest BCUT2D eigenvalue weighted by molar-refractivity contribution is 7.80. The van der Waals surface area contributed by atoms with Crippen LogP contribution in [0.15, 0.2) is 48.5 Å². The van der Waals surface area contributed by atoms with Crippen LogP contribution in [0.4, 0.5) is 5.69 Å². The van der Waals surface area contributed by atoms with Crippen LogP contribution in [0.1, 0.15) is 29.3 Å². The van der Waals surface area contributed by atoms with Gasteiger partial charge in [-0.25, -0.2) is 0 Å². The maximum atomic E-state index is 12.1. The van der Waals surface area contributed by atoms with Gasteiger partial charge in [0.25, 0.3) is 5.91 Å². The molecule has 0 radical (unpaired) electrons. The van der Waals surface area contributed by atoms with Crippen molar-refractivity contribution in [3.05, 3.63) is 59.7 Å². The fourth-order valence-corrected chi connectivity index (χ4v) is 2.11. The molecule has 0 bridgehead atoms. The van der Waals surface area contributed by atoms with Gasteiger partial charge in [-0.1, -0.05) is 24.6 Å². The molecule has 0 unspecified atom stereocenters. The first-order chi connectivity index (χ1) is 11.1. The molecule has 2 N–H and O–H groups in total. The lowest BCUT2D eigenvalue weighted by molar-refractivity contribution is 0.0977. The average Bonchev–Trinajstić information content (AvgIpc) is 2.54. The maximum Gasteiger partial charge on any atom is 0.257 e. The highest BCUT2D eigenvalue weighted by atomic mass is 32.1. The second-order valence-corrected chi connectivity index (χ2v) is 5.56. The summed E-state index contributed by atoms with van der Waals surface area (Å²) in [5, 5.41) is 5.91. The Bertz CT molecular complexity index is 666. The van der Waals surface area contributed by atoms with E-state index in [-0.39, 0.29) is 11.0 Å². The molecule has 0 fully saturated rings. The summed E-state index contributed by atoms with van der Waals surface area (Å²) in [6, 6.07) is 14.8. The molecule has 4 nitrogen and oxygen atoms in total. The zero-order chi connectivity index (χ0) is 16.7. The van der Waals surface area contributed by atoms with Crippen molar-refractivity contribution in [2.24, 2.45) is 0 Å². The Morgan fingerprint density at radius 2 is 1.74 bits per heavy atom. The first-order valence-corrected chi connectivity index (χ1v) is 7.91. The van der Waals surface area contributed by atoms with Crippen molar-refractivity contribution in [1.29, 1.82) is 0 Å². The highest BCUT2D eigenvalue weighted by Crippen LogP contribution is 2.15. The molecule has 5 heteroatoms. The number of rotatable bonds is 5. The van der Waals surface area contributed by atoms with Crippen LogP contribution in [0.3, 0.4) is 0 Å². The smallest absolute Gasteiger partial charge is 0.257 e. The van der Waals surface area contributed by atoms with Gasteiger partial charge in [0, 0.05) is 11.3 Å². The minimum atomic E-state index is -0.231. The van der Waals surface area contributed by atoms with Gasteiger partial charge in [0.05, 0.1) is 6.61 Å². The number of hydrogen-bond acceptors (Lipinski definition) is 3. The number of hydrogen-bond donors (Lipinski definition) is 2. The van der Waals surface area contributed by atoms with Gasteiger partial charge in [-0.3, -0.25) is 10.1 Å². The van der Waals surface area contributed by atoms with Gasteiger partial charge in [-0.05, 0) is 62.0 Å². The van der Waals surface area contributed by atoms with Crippen molar-refractivity contribution in [2.75, 3.05) is 11.9 Å². The highest BCUT2D eigenvalue weighted by Gasteiger charge is 2.07. The molecule has 23 heavy (non-hydrogen) atoms. The normalized spacial score (nSPS) is 10.0. The Morgan fingerprint density at radius 3 is 2.35 bits per heavy atom. The molecule has 120 valence electrons. The van der Waals surface area contributed by atoms with E-state index in [0.29, 0.717) is 12.2 Å². The SMILES string of the molecule is CCCOc1ccc(NC(=S)NC(=O)c2ccc(C)cc2)cc1. The van der Waals surface area contributed by atoms with E-state index in [0.717, 1.165) is 23.4 Å². The van der Waals surface area contributed by atoms with Crippen molar-refractivity contribution in [2.45, 2.75) is 20.3 Å². The Kier molecular flexibility index (Phi) is 6.11. The van der Waals surface area contributed by atoms with Crippen LogP contribution in [-0.2, 0) is 0 Å². The second kappa shape index (κ2) is 8.29. The van der Waals surface area contributed by atoms with E-state index in [1.54, 1.807) is 12.1 Å². The van der Waals surface area contributed by atoms with Crippen LogP contribution in [0, 0.1) is 6.92 Å². The lowest BCUT2D eigenvalue weighted by atomic mass is 10.1. The Hall–Kier alpha value is -2.40. The summed E-state index contributed by atoms with van der Waals surface area (Å²) in [6.45, 7) is 4.73. The molecule has 0 spiro atoms. The largest absolute Gasteiger partial charge is 0.494 e. The predicted octanol–water partition coefficient (Wildman–Crippen LogP) is 3.91. The van der Waals surface area contributed by atoms with Gasteiger partial charge in [-0.2, -0.15) is 0 Å². The van der Waals surface area contributed by atoms with Crippen molar-refractivity contribution in [3.63, 3.8) is 0 Å². The van der Waals surface area contributed by atoms with E-state index >= 15 is 0 Å². The molecule has 0 heterocycles. The van der Waals surface area contributed by atoms with Crippen molar-refractivity contribution in [3.8, 4) is 5.75 Å². The first kappa shape index (κ1) is 17.0. The van der Waals surface area contributed by atoms with Gasteiger partial charge in [0.1, 0.15) is 5.75 Å². The molecule has 2 aromatic rings. The number of nitrogens with one attached hydrogen (secondary N) is 2. The summed E-state index contributed by atoms with van der Waals surface area (Å²) in [7, 11) is 0. The first-order valence-electron chi connectivity index (χ1n) is 7.50. The van der Waals surface area contributed by atoms with Gasteiger partial charge in [-0.15, -0.1) is 0 Å². The van der Waals surface area contributed by atoms with Gasteiger partial charge in [0.2, 0.25) is 0 Å². The molecule has 0 aliphatic carbocycles. The second-order valence-electron chi connectivity index (χ2n) is 5.15. The van der Waals surface area contributed by atoms with Gasteiger partial charge < -0.3 is 10.1 Å². The Balaban J connectivity index is 1.88. The Labute approximate surface area is 141 Å². The molecule has 0 atom stereocenters. The topological polar surface area (TPSA) is 50.4 Å². The zero-order valence-corrected chi connectivity index (χ0v) is 14.1. The van der Waals surface area contributed by atoms with E-state index in [9.17, 15) is 4.79 Å². The third-order valence-electron chi connectivity index (χ3n) is 3.13. The molecule has 1 amide bonds. The summed E-state index contributed by atoms with van der Waals surface area (Å²) < 4.78 is 5.52. The number of benzene rings is 2. The summed E-state index contributed by atoms with van der Waals surface area (Å²) in [5.74, 6) is 0.581. The number of aryl methyl sites for hydroxylation is 1. The van der Waals surface area contributed by atoms with E-state index < -0.39 is 0 Å². The lowest BCUT2D eigenvalue weighted by Gasteiger charge is -2.10. The van der Waals surface area contributed by atoms with Crippen molar-refractivity contribution in [1.82, 2.24) is 5.32 Å². The minimum absolute atomic E-state index is 0.231. The number of carbonyl (C=O) groups excluding carboxylic acids is 1. The van der Waals surface area contributed by atoms with Gasteiger partial charge in [0.15, 0.2) is 5.11 Å². The summed E-state index contributed by atoms with van der Waals surface area (Å²) in [4.78, 5) is 12.1. The van der Waals surface area contributed by atoms with Crippen LogP contribution >= 0.6 is 12.2 Å². The Morgan fingerprint density at radius 1 is 1.09 bits per heavy atom. The molecule has 0 saturated carbocycles. The maximum absolute atomic E-state index is 12.1. The summed E-state index contributed by atoms with van der Waals surface area (Å²) in [6.07, 6.45) is 0.967. The predicted molar refractivity (Wildman–Crippen MR) is 97.1 cm³/mol. The van der Waals surface area contributed by atoms with Crippen LogP contribution in [0.2, 0.25) is 0 Å². The number of thiocarbonyl (C=S) groups is 1. The molecule has 0 saturated heterocycles. The van der Waals surface area contributed by atoms with E-state index in [1.165, 1.54) is 0 Å². The van der Waals surface area contributed by atoms with Crippen molar-refractivity contribution < 1.29 is 9.53 Å². The fraction of sp³-hybridized carbons (Fsp3) is 0.222.